The van der Waals surface area contributed by atoms with Crippen LogP contribution in [0.15, 0.2) is 12.4 Å². The first-order valence-corrected chi connectivity index (χ1v) is 5.03. The molecule has 2 aromatic rings. The number of terminal acetylenes is 1. The number of imidazole rings is 1. The van der Waals surface area contributed by atoms with E-state index in [1.165, 1.54) is 6.07 Å². The van der Waals surface area contributed by atoms with E-state index in [0.717, 1.165) is 12.8 Å². The fraction of sp³-hybridized carbons (Fsp3) is 0.250. The van der Waals surface area contributed by atoms with Gasteiger partial charge in [-0.2, -0.15) is 0 Å². The number of benzene rings is 1. The third-order valence-corrected chi connectivity index (χ3v) is 2.85. The van der Waals surface area contributed by atoms with Gasteiger partial charge in [0.25, 0.3) is 0 Å². The number of hydrogen-bond acceptors (Lipinski definition) is 1. The summed E-state index contributed by atoms with van der Waals surface area (Å²) < 4.78 is 29.1. The van der Waals surface area contributed by atoms with Crippen LogP contribution in [0.2, 0.25) is 0 Å². The third-order valence-electron chi connectivity index (χ3n) is 2.85. The Labute approximate surface area is 90.9 Å². The van der Waals surface area contributed by atoms with Crippen LogP contribution in [0, 0.1) is 24.0 Å². The molecule has 3 rings (SSSR count). The highest BCUT2D eigenvalue weighted by atomic mass is 19.1. The number of nitrogens with zero attached hydrogens (tertiary/aromatic N) is 2. The van der Waals surface area contributed by atoms with Crippen molar-refractivity contribution in [2.45, 2.75) is 18.9 Å². The Kier molecular flexibility index (Phi) is 1.78. The second-order valence-electron chi connectivity index (χ2n) is 3.94. The molecule has 0 amide bonds. The SMILES string of the molecule is C#Cc1c(F)cc2c(ncn2C2CC2)c1F. The van der Waals surface area contributed by atoms with Gasteiger partial charge in [-0.1, -0.05) is 5.92 Å². The van der Waals surface area contributed by atoms with Crippen LogP contribution in [-0.2, 0) is 0 Å². The van der Waals surface area contributed by atoms with E-state index in [4.69, 9.17) is 6.42 Å². The molecule has 1 aliphatic carbocycles. The van der Waals surface area contributed by atoms with Gasteiger partial charge in [0, 0.05) is 12.1 Å². The smallest absolute Gasteiger partial charge is 0.169 e. The highest BCUT2D eigenvalue weighted by Crippen LogP contribution is 2.37. The fourth-order valence-corrected chi connectivity index (χ4v) is 1.87. The molecule has 0 saturated heterocycles. The molecular weight excluding hydrogens is 210 g/mol. The molecule has 0 aliphatic heterocycles. The predicted octanol–water partition coefficient (Wildman–Crippen LogP) is 2.63. The molecule has 1 aliphatic rings. The minimum atomic E-state index is -0.739. The summed E-state index contributed by atoms with van der Waals surface area (Å²) in [6.45, 7) is 0. The molecule has 0 atom stereocenters. The lowest BCUT2D eigenvalue weighted by molar-refractivity contribution is 0.584. The zero-order chi connectivity index (χ0) is 11.3. The van der Waals surface area contributed by atoms with Crippen molar-refractivity contribution in [2.24, 2.45) is 0 Å². The van der Waals surface area contributed by atoms with Crippen molar-refractivity contribution in [3.8, 4) is 12.3 Å². The van der Waals surface area contributed by atoms with Crippen LogP contribution in [0.5, 0.6) is 0 Å². The standard InChI is InChI=1S/C12H8F2N2/c1-2-8-9(13)5-10-12(11(8)14)15-6-16(10)7-3-4-7/h1,5-7H,3-4H2. The first-order valence-electron chi connectivity index (χ1n) is 5.03. The molecule has 1 fully saturated rings. The van der Waals surface area contributed by atoms with E-state index in [0.29, 0.717) is 11.6 Å². The molecule has 80 valence electrons. The van der Waals surface area contributed by atoms with E-state index in [1.54, 1.807) is 6.33 Å². The lowest BCUT2D eigenvalue weighted by Gasteiger charge is -2.02. The number of hydrogen-bond donors (Lipinski definition) is 0. The molecule has 0 unspecified atom stereocenters. The van der Waals surface area contributed by atoms with E-state index in [2.05, 4.69) is 4.98 Å². The summed E-state index contributed by atoms with van der Waals surface area (Å²) in [6.07, 6.45) is 8.67. The van der Waals surface area contributed by atoms with Gasteiger partial charge in [0.1, 0.15) is 11.3 Å². The molecule has 0 bridgehead atoms. The van der Waals surface area contributed by atoms with E-state index in [-0.39, 0.29) is 11.1 Å². The fourth-order valence-electron chi connectivity index (χ4n) is 1.87. The van der Waals surface area contributed by atoms with Crippen LogP contribution >= 0.6 is 0 Å². The van der Waals surface area contributed by atoms with Gasteiger partial charge < -0.3 is 4.57 Å². The number of aromatic nitrogens is 2. The van der Waals surface area contributed by atoms with Crippen LogP contribution in [0.25, 0.3) is 11.0 Å². The average Bonchev–Trinajstić information content (AvgIpc) is 3.01. The van der Waals surface area contributed by atoms with Crippen molar-refractivity contribution in [2.75, 3.05) is 0 Å². The van der Waals surface area contributed by atoms with Crippen LogP contribution in [0.1, 0.15) is 24.4 Å². The van der Waals surface area contributed by atoms with Crippen LogP contribution in [-0.4, -0.2) is 9.55 Å². The van der Waals surface area contributed by atoms with Gasteiger partial charge in [-0.05, 0) is 12.8 Å². The van der Waals surface area contributed by atoms with Gasteiger partial charge in [-0.25, -0.2) is 13.8 Å². The van der Waals surface area contributed by atoms with Gasteiger partial charge >= 0.3 is 0 Å². The maximum Gasteiger partial charge on any atom is 0.169 e. The molecule has 2 nitrogen and oxygen atoms in total. The quantitative estimate of drug-likeness (QED) is 0.673. The summed E-state index contributed by atoms with van der Waals surface area (Å²) in [6, 6.07) is 1.60. The Morgan fingerprint density at radius 3 is 2.81 bits per heavy atom. The Balaban J connectivity index is 2.35. The second-order valence-corrected chi connectivity index (χ2v) is 3.94. The van der Waals surface area contributed by atoms with Crippen molar-refractivity contribution >= 4 is 11.0 Å². The largest absolute Gasteiger partial charge is 0.327 e. The van der Waals surface area contributed by atoms with E-state index in [9.17, 15) is 8.78 Å². The Hall–Kier alpha value is -1.89. The first kappa shape index (κ1) is 9.34. The van der Waals surface area contributed by atoms with E-state index in [1.807, 2.05) is 10.5 Å². The summed E-state index contributed by atoms with van der Waals surface area (Å²) in [5.41, 5.74) is 0.297. The maximum absolute atomic E-state index is 13.8. The zero-order valence-electron chi connectivity index (χ0n) is 8.37. The predicted molar refractivity (Wildman–Crippen MR) is 55.9 cm³/mol. The minimum Gasteiger partial charge on any atom is -0.327 e. The van der Waals surface area contributed by atoms with Crippen LogP contribution in [0.3, 0.4) is 0 Å². The topological polar surface area (TPSA) is 17.8 Å². The molecule has 0 spiro atoms. The monoisotopic (exact) mass is 218 g/mol. The summed E-state index contributed by atoms with van der Waals surface area (Å²) in [4.78, 5) is 3.95. The Morgan fingerprint density at radius 2 is 2.19 bits per heavy atom. The van der Waals surface area contributed by atoms with Crippen molar-refractivity contribution in [3.63, 3.8) is 0 Å². The van der Waals surface area contributed by atoms with Gasteiger partial charge in [0.2, 0.25) is 0 Å². The van der Waals surface area contributed by atoms with Gasteiger partial charge in [0.15, 0.2) is 5.82 Å². The van der Waals surface area contributed by atoms with Crippen molar-refractivity contribution in [3.05, 3.63) is 29.6 Å². The lowest BCUT2D eigenvalue weighted by atomic mass is 10.2. The molecule has 1 aromatic carbocycles. The van der Waals surface area contributed by atoms with E-state index < -0.39 is 11.6 Å². The summed E-state index contributed by atoms with van der Waals surface area (Å²) in [5.74, 6) is 0.572. The van der Waals surface area contributed by atoms with Crippen molar-refractivity contribution in [1.82, 2.24) is 9.55 Å². The third kappa shape index (κ3) is 1.15. The zero-order valence-corrected chi connectivity index (χ0v) is 8.37. The normalized spacial score (nSPS) is 15.3. The molecule has 0 N–H and O–H groups in total. The lowest BCUT2D eigenvalue weighted by Crippen LogP contribution is -1.95. The first-order chi connectivity index (χ1) is 7.72. The van der Waals surface area contributed by atoms with Crippen molar-refractivity contribution in [1.29, 1.82) is 0 Å². The Morgan fingerprint density at radius 1 is 1.44 bits per heavy atom. The van der Waals surface area contributed by atoms with Gasteiger partial charge in [-0.15, -0.1) is 6.42 Å². The number of fused-ring (bicyclic) bond motifs is 1. The highest BCUT2D eigenvalue weighted by molar-refractivity contribution is 5.78. The van der Waals surface area contributed by atoms with Crippen LogP contribution in [0.4, 0.5) is 8.78 Å². The molecule has 1 aromatic heterocycles. The van der Waals surface area contributed by atoms with Gasteiger partial charge in [-0.3, -0.25) is 0 Å². The van der Waals surface area contributed by atoms with Gasteiger partial charge in [0.05, 0.1) is 17.4 Å². The Bertz CT molecular complexity index is 618. The summed E-state index contributed by atoms with van der Waals surface area (Å²) >= 11 is 0. The molecule has 0 radical (unpaired) electrons. The summed E-state index contributed by atoms with van der Waals surface area (Å²) in [5, 5.41) is 0. The van der Waals surface area contributed by atoms with Crippen LogP contribution < -0.4 is 0 Å². The molecule has 1 saturated carbocycles. The number of rotatable bonds is 1. The second kappa shape index (κ2) is 3.05. The molecular formula is C12H8F2N2. The molecule has 4 heteroatoms. The average molecular weight is 218 g/mol. The summed E-state index contributed by atoms with van der Waals surface area (Å²) in [7, 11) is 0. The molecule has 1 heterocycles. The van der Waals surface area contributed by atoms with E-state index >= 15 is 0 Å². The highest BCUT2D eigenvalue weighted by Gasteiger charge is 2.26. The van der Waals surface area contributed by atoms with Crippen molar-refractivity contribution < 1.29 is 8.78 Å². The minimum absolute atomic E-state index is 0.154. The number of halogens is 2. The maximum atomic E-state index is 13.8. The molecule has 16 heavy (non-hydrogen) atoms.